The maximum Gasteiger partial charge on any atom is 0.314 e. The van der Waals surface area contributed by atoms with Crippen LogP contribution in [0.15, 0.2) is 0 Å². The quantitative estimate of drug-likeness (QED) is 0.702. The Morgan fingerprint density at radius 1 is 1.17 bits per heavy atom. The maximum absolute atomic E-state index is 11.4. The lowest BCUT2D eigenvalue weighted by molar-refractivity contribution is -0.143. The van der Waals surface area contributed by atoms with Gasteiger partial charge in [0.1, 0.15) is 0 Å². The van der Waals surface area contributed by atoms with Gasteiger partial charge in [0, 0.05) is 13.1 Å². The van der Waals surface area contributed by atoms with Gasteiger partial charge in [-0.3, -0.25) is 4.79 Å². The lowest BCUT2D eigenvalue weighted by Gasteiger charge is -2.26. The lowest BCUT2D eigenvalue weighted by atomic mass is 9.82. The van der Waals surface area contributed by atoms with Crippen molar-refractivity contribution in [1.29, 1.82) is 0 Å². The van der Waals surface area contributed by atoms with E-state index >= 15 is 0 Å². The molecule has 1 aliphatic carbocycles. The van der Waals surface area contributed by atoms with Crippen LogP contribution in [0.5, 0.6) is 0 Å². The summed E-state index contributed by atoms with van der Waals surface area (Å²) in [6.07, 6.45) is 3.24. The second kappa shape index (κ2) is 7.24. The zero-order chi connectivity index (χ0) is 13.5. The van der Waals surface area contributed by atoms with Crippen molar-refractivity contribution in [2.24, 2.45) is 17.8 Å². The molecule has 0 spiro atoms. The second-order valence-corrected chi connectivity index (χ2v) is 5.54. The molecule has 0 aromatic carbocycles. The third-order valence-corrected chi connectivity index (χ3v) is 3.42. The molecule has 3 N–H and O–H groups in total. The number of urea groups is 1. The Kier molecular flexibility index (Phi) is 5.95. The summed E-state index contributed by atoms with van der Waals surface area (Å²) < 4.78 is 0. The molecule has 0 unspecified atom stereocenters. The van der Waals surface area contributed by atoms with Crippen LogP contribution in [0.2, 0.25) is 0 Å². The highest BCUT2D eigenvalue weighted by Crippen LogP contribution is 2.28. The molecular weight excluding hydrogens is 232 g/mol. The Balaban J connectivity index is 2.14. The van der Waals surface area contributed by atoms with Gasteiger partial charge in [0.05, 0.1) is 5.92 Å². The first-order chi connectivity index (χ1) is 8.49. The minimum Gasteiger partial charge on any atom is -0.481 e. The molecule has 0 atom stereocenters. The second-order valence-electron chi connectivity index (χ2n) is 5.54. The molecule has 1 fully saturated rings. The van der Waals surface area contributed by atoms with Crippen molar-refractivity contribution in [2.75, 3.05) is 13.1 Å². The Hall–Kier alpha value is -1.26. The largest absolute Gasteiger partial charge is 0.481 e. The summed E-state index contributed by atoms with van der Waals surface area (Å²) in [5.41, 5.74) is 0. The minimum atomic E-state index is -0.684. The van der Waals surface area contributed by atoms with Crippen LogP contribution in [0.4, 0.5) is 4.79 Å². The van der Waals surface area contributed by atoms with Crippen LogP contribution in [-0.4, -0.2) is 30.2 Å². The number of hydrogen-bond acceptors (Lipinski definition) is 2. The number of aliphatic carboxylic acids is 1. The van der Waals surface area contributed by atoms with Gasteiger partial charge in [-0.25, -0.2) is 4.79 Å². The fourth-order valence-electron chi connectivity index (χ4n) is 2.21. The third kappa shape index (κ3) is 5.38. The summed E-state index contributed by atoms with van der Waals surface area (Å²) in [5, 5.41) is 14.5. The van der Waals surface area contributed by atoms with Crippen LogP contribution in [0, 0.1) is 17.8 Å². The molecule has 1 rings (SSSR count). The highest BCUT2D eigenvalue weighted by molar-refractivity contribution is 5.73. The average Bonchev–Trinajstić information content (AvgIpc) is 2.34. The molecule has 0 heterocycles. The maximum atomic E-state index is 11.4. The summed E-state index contributed by atoms with van der Waals surface area (Å²) in [4.78, 5) is 22.2. The molecule has 1 saturated carbocycles. The molecule has 0 aromatic rings. The summed E-state index contributed by atoms with van der Waals surface area (Å²) in [7, 11) is 0. The summed E-state index contributed by atoms with van der Waals surface area (Å²) in [5.74, 6) is -0.000687. The van der Waals surface area contributed by atoms with Gasteiger partial charge in [-0.2, -0.15) is 0 Å². The van der Waals surface area contributed by atoms with E-state index in [9.17, 15) is 9.59 Å². The van der Waals surface area contributed by atoms with Crippen molar-refractivity contribution >= 4 is 12.0 Å². The van der Waals surface area contributed by atoms with Crippen molar-refractivity contribution in [3.8, 4) is 0 Å². The smallest absolute Gasteiger partial charge is 0.314 e. The number of carbonyl (C=O) groups excluding carboxylic acids is 1. The van der Waals surface area contributed by atoms with Gasteiger partial charge in [0.25, 0.3) is 0 Å². The van der Waals surface area contributed by atoms with E-state index < -0.39 is 5.97 Å². The van der Waals surface area contributed by atoms with Gasteiger partial charge in [-0.1, -0.05) is 13.8 Å². The van der Waals surface area contributed by atoms with E-state index in [1.54, 1.807) is 0 Å². The van der Waals surface area contributed by atoms with Crippen molar-refractivity contribution in [2.45, 2.75) is 39.5 Å². The van der Waals surface area contributed by atoms with Crippen molar-refractivity contribution in [1.82, 2.24) is 10.6 Å². The molecule has 104 valence electrons. The number of carboxylic acids is 1. The van der Waals surface area contributed by atoms with Gasteiger partial charge >= 0.3 is 12.0 Å². The lowest BCUT2D eigenvalue weighted by Crippen LogP contribution is -2.40. The van der Waals surface area contributed by atoms with Gasteiger partial charge in [-0.15, -0.1) is 0 Å². The number of carbonyl (C=O) groups is 2. The summed E-state index contributed by atoms with van der Waals surface area (Å²) >= 11 is 0. The molecule has 0 saturated heterocycles. The first-order valence-electron chi connectivity index (χ1n) is 6.73. The number of nitrogens with one attached hydrogen (secondary N) is 2. The molecule has 1 aliphatic rings. The standard InChI is InChI=1S/C13H24N2O3/c1-9(2)7-14-13(18)15-8-10-3-5-11(6-4-10)12(16)17/h9-11H,3-8H2,1-2H3,(H,16,17)(H2,14,15,18). The van der Waals surface area contributed by atoms with Crippen molar-refractivity contribution in [3.05, 3.63) is 0 Å². The highest BCUT2D eigenvalue weighted by atomic mass is 16.4. The van der Waals surface area contributed by atoms with Gasteiger partial charge in [0.15, 0.2) is 0 Å². The third-order valence-electron chi connectivity index (χ3n) is 3.42. The van der Waals surface area contributed by atoms with Crippen molar-refractivity contribution in [3.63, 3.8) is 0 Å². The number of hydrogen-bond donors (Lipinski definition) is 3. The highest BCUT2D eigenvalue weighted by Gasteiger charge is 2.25. The van der Waals surface area contributed by atoms with Crippen LogP contribution in [-0.2, 0) is 4.79 Å². The van der Waals surface area contributed by atoms with E-state index in [4.69, 9.17) is 5.11 Å². The SMILES string of the molecule is CC(C)CNC(=O)NCC1CCC(C(=O)O)CC1. The normalized spacial score (nSPS) is 23.7. The topological polar surface area (TPSA) is 78.4 Å². The number of amides is 2. The van der Waals surface area contributed by atoms with Crippen LogP contribution in [0.1, 0.15) is 39.5 Å². The molecule has 5 heteroatoms. The molecule has 5 nitrogen and oxygen atoms in total. The molecule has 0 aliphatic heterocycles. The molecule has 2 amide bonds. The first kappa shape index (κ1) is 14.8. The minimum absolute atomic E-state index is 0.121. The first-order valence-corrected chi connectivity index (χ1v) is 6.73. The Morgan fingerprint density at radius 2 is 1.78 bits per heavy atom. The van der Waals surface area contributed by atoms with E-state index in [-0.39, 0.29) is 11.9 Å². The Bertz CT molecular complexity index is 284. The van der Waals surface area contributed by atoms with Crippen LogP contribution >= 0.6 is 0 Å². The van der Waals surface area contributed by atoms with Crippen LogP contribution in [0.3, 0.4) is 0 Å². The van der Waals surface area contributed by atoms with Crippen molar-refractivity contribution < 1.29 is 14.7 Å². The predicted molar refractivity (Wildman–Crippen MR) is 69.3 cm³/mol. The van der Waals surface area contributed by atoms with Crippen LogP contribution in [0.25, 0.3) is 0 Å². The fraction of sp³-hybridized carbons (Fsp3) is 0.846. The van der Waals surface area contributed by atoms with Crippen LogP contribution < -0.4 is 10.6 Å². The van der Waals surface area contributed by atoms with Gasteiger partial charge in [-0.05, 0) is 37.5 Å². The molecule has 0 aromatic heterocycles. The molecule has 18 heavy (non-hydrogen) atoms. The Labute approximate surface area is 108 Å². The van der Waals surface area contributed by atoms with E-state index in [0.29, 0.717) is 24.9 Å². The molecular formula is C13H24N2O3. The predicted octanol–water partition coefficient (Wildman–Crippen LogP) is 1.83. The van der Waals surface area contributed by atoms with E-state index in [0.717, 1.165) is 25.7 Å². The zero-order valence-corrected chi connectivity index (χ0v) is 11.2. The van der Waals surface area contributed by atoms with Gasteiger partial charge in [0.2, 0.25) is 0 Å². The fourth-order valence-corrected chi connectivity index (χ4v) is 2.21. The number of rotatable bonds is 5. The Morgan fingerprint density at radius 3 is 2.28 bits per heavy atom. The average molecular weight is 256 g/mol. The molecule has 0 radical (unpaired) electrons. The monoisotopic (exact) mass is 256 g/mol. The van der Waals surface area contributed by atoms with E-state index in [1.807, 2.05) is 13.8 Å². The molecule has 0 bridgehead atoms. The van der Waals surface area contributed by atoms with E-state index in [2.05, 4.69) is 10.6 Å². The van der Waals surface area contributed by atoms with E-state index in [1.165, 1.54) is 0 Å². The number of carboxylic acid groups (broad SMARTS) is 1. The summed E-state index contributed by atoms with van der Waals surface area (Å²) in [6, 6.07) is -0.121. The zero-order valence-electron chi connectivity index (χ0n) is 11.2. The summed E-state index contributed by atoms with van der Waals surface area (Å²) in [6.45, 7) is 5.43. The van der Waals surface area contributed by atoms with Gasteiger partial charge < -0.3 is 15.7 Å².